The molecule has 1 spiro atoms. The Bertz CT molecular complexity index is 387. The van der Waals surface area contributed by atoms with Gasteiger partial charge in [0.1, 0.15) is 17.6 Å². The van der Waals surface area contributed by atoms with E-state index in [0.717, 1.165) is 0 Å². The molecule has 0 aliphatic carbocycles. The molecular formula is C10H10O5. The Hall–Kier alpha value is -1.36. The molecule has 0 aromatic heterocycles. The molecular weight excluding hydrogens is 200 g/mol. The molecule has 3 heterocycles. The van der Waals surface area contributed by atoms with Crippen molar-refractivity contribution in [2.75, 3.05) is 6.61 Å². The molecule has 1 N–H and O–H groups in total. The fraction of sp³-hybridized carbons (Fsp3) is 0.600. The first-order chi connectivity index (χ1) is 7.08. The summed E-state index contributed by atoms with van der Waals surface area (Å²) in [7, 11) is 0. The molecule has 3 atom stereocenters. The molecule has 0 aromatic rings. The summed E-state index contributed by atoms with van der Waals surface area (Å²) >= 11 is 0. The molecule has 3 aliphatic heterocycles. The second-order valence-electron chi connectivity index (χ2n) is 4.34. The van der Waals surface area contributed by atoms with Crippen LogP contribution in [0.1, 0.15) is 12.8 Å². The lowest BCUT2D eigenvalue weighted by Crippen LogP contribution is -2.45. The Morgan fingerprint density at radius 1 is 1.67 bits per heavy atom. The number of ether oxygens (including phenoxy) is 2. The summed E-state index contributed by atoms with van der Waals surface area (Å²) in [5, 5.41) is 8.87. The summed E-state index contributed by atoms with van der Waals surface area (Å²) < 4.78 is 10.6. The maximum atomic E-state index is 11.7. The first-order valence-electron chi connectivity index (χ1n) is 4.84. The zero-order chi connectivity index (χ0) is 10.7. The van der Waals surface area contributed by atoms with Crippen LogP contribution >= 0.6 is 0 Å². The number of carbonyl (C=O) groups is 2. The Morgan fingerprint density at radius 3 is 3.13 bits per heavy atom. The SMILES string of the molecule is O=C(O)CC12CC3C=CC1(COC2=O)O3. The highest BCUT2D eigenvalue weighted by molar-refractivity contribution is 5.87. The van der Waals surface area contributed by atoms with E-state index in [1.54, 1.807) is 6.08 Å². The number of esters is 1. The van der Waals surface area contributed by atoms with Gasteiger partial charge in [-0.1, -0.05) is 6.08 Å². The van der Waals surface area contributed by atoms with E-state index in [2.05, 4.69) is 0 Å². The number of carboxylic acids is 1. The number of rotatable bonds is 2. The lowest BCUT2D eigenvalue weighted by atomic mass is 9.68. The van der Waals surface area contributed by atoms with Crippen LogP contribution in [0.2, 0.25) is 0 Å². The molecule has 2 bridgehead atoms. The number of hydrogen-bond donors (Lipinski definition) is 1. The normalized spacial score (nSPS) is 45.6. The van der Waals surface area contributed by atoms with E-state index in [9.17, 15) is 9.59 Å². The number of aliphatic carboxylic acids is 1. The van der Waals surface area contributed by atoms with Crippen molar-refractivity contribution in [3.63, 3.8) is 0 Å². The zero-order valence-corrected chi connectivity index (χ0v) is 7.93. The molecule has 5 heteroatoms. The minimum atomic E-state index is -0.988. The minimum Gasteiger partial charge on any atom is -0.481 e. The Balaban J connectivity index is 2.07. The average Bonchev–Trinajstić information content (AvgIpc) is 2.75. The lowest BCUT2D eigenvalue weighted by molar-refractivity contribution is -0.153. The topological polar surface area (TPSA) is 72.8 Å². The molecule has 3 rings (SSSR count). The van der Waals surface area contributed by atoms with Gasteiger partial charge in [0.15, 0.2) is 0 Å². The highest BCUT2D eigenvalue weighted by Crippen LogP contribution is 2.58. The van der Waals surface area contributed by atoms with Crippen LogP contribution in [0.5, 0.6) is 0 Å². The van der Waals surface area contributed by atoms with Crippen LogP contribution in [-0.4, -0.2) is 35.4 Å². The number of cyclic esters (lactones) is 1. The molecule has 80 valence electrons. The van der Waals surface area contributed by atoms with Gasteiger partial charge in [0.25, 0.3) is 0 Å². The van der Waals surface area contributed by atoms with E-state index >= 15 is 0 Å². The summed E-state index contributed by atoms with van der Waals surface area (Å²) in [5.74, 6) is -1.42. The number of carbonyl (C=O) groups excluding carboxylic acids is 1. The standard InChI is InChI=1S/C10H10O5/c11-7(12)4-9-3-6-1-2-10(9,15-6)5-14-8(9)13/h1-2,6H,3-5H2,(H,11,12). The second-order valence-corrected chi connectivity index (χ2v) is 4.34. The third-order valence-electron chi connectivity index (χ3n) is 3.56. The first kappa shape index (κ1) is 8.91. The largest absolute Gasteiger partial charge is 0.481 e. The molecule has 0 aromatic carbocycles. The van der Waals surface area contributed by atoms with Crippen molar-refractivity contribution in [1.82, 2.24) is 0 Å². The average molecular weight is 210 g/mol. The van der Waals surface area contributed by atoms with Gasteiger partial charge >= 0.3 is 11.9 Å². The third kappa shape index (κ3) is 0.866. The van der Waals surface area contributed by atoms with Crippen LogP contribution in [0.3, 0.4) is 0 Å². The van der Waals surface area contributed by atoms with Gasteiger partial charge in [-0.2, -0.15) is 0 Å². The zero-order valence-electron chi connectivity index (χ0n) is 7.93. The van der Waals surface area contributed by atoms with Crippen LogP contribution in [0, 0.1) is 5.41 Å². The molecule has 2 saturated heterocycles. The van der Waals surface area contributed by atoms with Gasteiger partial charge < -0.3 is 14.6 Å². The van der Waals surface area contributed by atoms with Crippen molar-refractivity contribution < 1.29 is 24.2 Å². The van der Waals surface area contributed by atoms with E-state index in [0.29, 0.717) is 6.42 Å². The lowest BCUT2D eigenvalue weighted by Gasteiger charge is -2.29. The molecule has 3 unspecified atom stereocenters. The van der Waals surface area contributed by atoms with Crippen molar-refractivity contribution in [1.29, 1.82) is 0 Å². The summed E-state index contributed by atoms with van der Waals surface area (Å²) in [6, 6.07) is 0. The van der Waals surface area contributed by atoms with Gasteiger partial charge in [0.2, 0.25) is 0 Å². The number of fused-ring (bicyclic) bond motifs is 1. The van der Waals surface area contributed by atoms with E-state index in [1.807, 2.05) is 6.08 Å². The highest BCUT2D eigenvalue weighted by Gasteiger charge is 2.70. The number of carboxylic acid groups (broad SMARTS) is 1. The third-order valence-corrected chi connectivity index (χ3v) is 3.56. The fourth-order valence-electron chi connectivity index (χ4n) is 2.85. The van der Waals surface area contributed by atoms with Crippen LogP contribution in [0.4, 0.5) is 0 Å². The molecule has 5 nitrogen and oxygen atoms in total. The summed E-state index contributed by atoms with van der Waals surface area (Å²) in [6.45, 7) is 0.145. The van der Waals surface area contributed by atoms with Crippen LogP contribution in [0.25, 0.3) is 0 Å². The highest BCUT2D eigenvalue weighted by atomic mass is 16.6. The molecule has 15 heavy (non-hydrogen) atoms. The van der Waals surface area contributed by atoms with E-state index in [1.165, 1.54) is 0 Å². The maximum Gasteiger partial charge on any atom is 0.316 e. The summed E-state index contributed by atoms with van der Waals surface area (Å²) in [5.41, 5.74) is -1.80. The summed E-state index contributed by atoms with van der Waals surface area (Å²) in [4.78, 5) is 22.5. The van der Waals surface area contributed by atoms with E-state index < -0.39 is 23.0 Å². The van der Waals surface area contributed by atoms with Crippen molar-refractivity contribution in [2.24, 2.45) is 5.41 Å². The predicted molar refractivity (Wildman–Crippen MR) is 47.0 cm³/mol. The maximum absolute atomic E-state index is 11.7. The number of hydrogen-bond acceptors (Lipinski definition) is 4. The second kappa shape index (κ2) is 2.41. The smallest absolute Gasteiger partial charge is 0.316 e. The minimum absolute atomic E-state index is 0.128. The van der Waals surface area contributed by atoms with Gasteiger partial charge in [0.05, 0.1) is 12.5 Å². The molecule has 0 saturated carbocycles. The van der Waals surface area contributed by atoms with Gasteiger partial charge in [-0.25, -0.2) is 0 Å². The first-order valence-corrected chi connectivity index (χ1v) is 4.84. The monoisotopic (exact) mass is 210 g/mol. The quantitative estimate of drug-likeness (QED) is 0.517. The van der Waals surface area contributed by atoms with E-state index in [4.69, 9.17) is 14.6 Å². The van der Waals surface area contributed by atoms with Crippen LogP contribution in [-0.2, 0) is 19.1 Å². The summed E-state index contributed by atoms with van der Waals surface area (Å²) in [6.07, 6.45) is 3.75. The molecule has 0 radical (unpaired) electrons. The van der Waals surface area contributed by atoms with E-state index in [-0.39, 0.29) is 19.1 Å². The molecule has 3 aliphatic rings. The Kier molecular flexibility index (Phi) is 1.43. The van der Waals surface area contributed by atoms with Gasteiger partial charge in [-0.3, -0.25) is 9.59 Å². The van der Waals surface area contributed by atoms with Gasteiger partial charge in [-0.15, -0.1) is 0 Å². The van der Waals surface area contributed by atoms with Gasteiger partial charge in [-0.05, 0) is 12.5 Å². The Labute approximate surface area is 85.7 Å². The van der Waals surface area contributed by atoms with Crippen molar-refractivity contribution in [3.8, 4) is 0 Å². The fourth-order valence-corrected chi connectivity index (χ4v) is 2.85. The van der Waals surface area contributed by atoms with Crippen molar-refractivity contribution >= 4 is 11.9 Å². The molecule has 2 fully saturated rings. The molecule has 0 amide bonds. The van der Waals surface area contributed by atoms with Gasteiger partial charge in [0, 0.05) is 0 Å². The predicted octanol–water partition coefficient (Wildman–Crippen LogP) is 0.102. The van der Waals surface area contributed by atoms with Crippen LogP contribution in [0.15, 0.2) is 12.2 Å². The van der Waals surface area contributed by atoms with Crippen LogP contribution < -0.4 is 0 Å². The van der Waals surface area contributed by atoms with Crippen molar-refractivity contribution in [2.45, 2.75) is 24.5 Å². The van der Waals surface area contributed by atoms with Crippen molar-refractivity contribution in [3.05, 3.63) is 12.2 Å². The Morgan fingerprint density at radius 2 is 2.47 bits per heavy atom.